The van der Waals surface area contributed by atoms with Gasteiger partial charge in [0.15, 0.2) is 0 Å². The third kappa shape index (κ3) is 9.72. The SMILES string of the molecule is C#CCCCC[C@@H](C)C(=O)N1C(=O)C=C(OC)[C@@H]1CCCCNC(=O)CCCCCC=C. The maximum atomic E-state index is 12.9. The summed E-state index contributed by atoms with van der Waals surface area (Å²) in [6, 6.07) is -0.367. The molecule has 1 heterocycles. The largest absolute Gasteiger partial charge is 0.499 e. The molecule has 3 amide bonds. The zero-order valence-electron chi connectivity index (χ0n) is 19.9. The smallest absolute Gasteiger partial charge is 0.257 e. The molecule has 0 aliphatic carbocycles. The summed E-state index contributed by atoms with van der Waals surface area (Å²) in [5.74, 6) is 2.51. The molecule has 2 atom stereocenters. The molecular weight excluding hydrogens is 404 g/mol. The number of methoxy groups -OCH3 is 1. The van der Waals surface area contributed by atoms with Crippen LogP contribution >= 0.6 is 0 Å². The molecule has 6 heteroatoms. The molecule has 1 rings (SSSR count). The number of carbonyl (C=O) groups is 3. The van der Waals surface area contributed by atoms with Crippen LogP contribution in [-0.4, -0.2) is 42.3 Å². The van der Waals surface area contributed by atoms with Crippen LogP contribution in [0.4, 0.5) is 0 Å². The van der Waals surface area contributed by atoms with E-state index in [9.17, 15) is 14.4 Å². The van der Waals surface area contributed by atoms with Gasteiger partial charge in [0.1, 0.15) is 5.76 Å². The Labute approximate surface area is 193 Å². The van der Waals surface area contributed by atoms with Crippen LogP contribution in [0.25, 0.3) is 0 Å². The standard InChI is InChI=1S/C26H40N2O4/c1-5-7-9-11-13-18-24(29)27-19-15-14-17-22-23(32-4)20-25(30)28(22)26(31)21(3)16-12-10-8-6-2/h2,5,20-22H,1,7-19H2,3-4H3,(H,27,29)/t21-,22+/m1/s1. The van der Waals surface area contributed by atoms with E-state index in [1.165, 1.54) is 18.1 Å². The first-order chi connectivity index (χ1) is 15.5. The number of rotatable bonds is 17. The predicted molar refractivity (Wildman–Crippen MR) is 127 cm³/mol. The molecule has 0 fully saturated rings. The summed E-state index contributed by atoms with van der Waals surface area (Å²) >= 11 is 0. The van der Waals surface area contributed by atoms with Gasteiger partial charge in [-0.3, -0.25) is 19.3 Å². The van der Waals surface area contributed by atoms with Gasteiger partial charge in [-0.2, -0.15) is 0 Å². The van der Waals surface area contributed by atoms with Gasteiger partial charge in [0.05, 0.1) is 13.2 Å². The van der Waals surface area contributed by atoms with E-state index in [-0.39, 0.29) is 29.7 Å². The van der Waals surface area contributed by atoms with Crippen molar-refractivity contribution in [2.75, 3.05) is 13.7 Å². The molecule has 0 aromatic carbocycles. The van der Waals surface area contributed by atoms with Crippen LogP contribution in [0.15, 0.2) is 24.5 Å². The average Bonchev–Trinajstić information content (AvgIpc) is 3.10. The third-order valence-corrected chi connectivity index (χ3v) is 5.78. The van der Waals surface area contributed by atoms with Crippen LogP contribution in [0.2, 0.25) is 0 Å². The predicted octanol–water partition coefficient (Wildman–Crippen LogP) is 4.51. The van der Waals surface area contributed by atoms with Crippen molar-refractivity contribution in [2.24, 2.45) is 5.92 Å². The summed E-state index contributed by atoms with van der Waals surface area (Å²) in [6.07, 6.45) is 18.5. The zero-order valence-corrected chi connectivity index (χ0v) is 19.9. The minimum absolute atomic E-state index is 0.0765. The van der Waals surface area contributed by atoms with Gasteiger partial charge in [-0.25, -0.2) is 0 Å². The molecule has 0 aromatic heterocycles. The van der Waals surface area contributed by atoms with Crippen molar-refractivity contribution in [3.8, 4) is 12.3 Å². The summed E-state index contributed by atoms with van der Waals surface area (Å²) < 4.78 is 5.38. The van der Waals surface area contributed by atoms with E-state index in [4.69, 9.17) is 11.2 Å². The Morgan fingerprint density at radius 1 is 1.25 bits per heavy atom. The van der Waals surface area contributed by atoms with E-state index in [1.807, 2.05) is 13.0 Å². The fourth-order valence-electron chi connectivity index (χ4n) is 3.87. The fraction of sp³-hybridized carbons (Fsp3) is 0.654. The average molecular weight is 445 g/mol. The monoisotopic (exact) mass is 444 g/mol. The van der Waals surface area contributed by atoms with Crippen LogP contribution in [0.1, 0.15) is 84.0 Å². The second-order valence-corrected chi connectivity index (χ2v) is 8.40. The first-order valence-corrected chi connectivity index (χ1v) is 11.9. The molecule has 0 bridgehead atoms. The van der Waals surface area contributed by atoms with Crippen molar-refractivity contribution in [3.05, 3.63) is 24.5 Å². The number of amides is 3. The van der Waals surface area contributed by atoms with Crippen LogP contribution in [0.5, 0.6) is 0 Å². The molecule has 178 valence electrons. The van der Waals surface area contributed by atoms with Crippen molar-refractivity contribution >= 4 is 17.7 Å². The molecule has 0 saturated carbocycles. The molecule has 1 N–H and O–H groups in total. The number of terminal acetylenes is 1. The lowest BCUT2D eigenvalue weighted by Gasteiger charge is -2.27. The number of imide groups is 1. The molecule has 1 aliphatic rings. The van der Waals surface area contributed by atoms with Gasteiger partial charge in [0.25, 0.3) is 5.91 Å². The van der Waals surface area contributed by atoms with E-state index in [0.717, 1.165) is 51.4 Å². The summed E-state index contributed by atoms with van der Waals surface area (Å²) in [5.41, 5.74) is 0. The Balaban J connectivity index is 2.42. The van der Waals surface area contributed by atoms with E-state index in [1.54, 1.807) is 0 Å². The second-order valence-electron chi connectivity index (χ2n) is 8.40. The maximum Gasteiger partial charge on any atom is 0.257 e. The normalized spacial score (nSPS) is 16.3. The van der Waals surface area contributed by atoms with Crippen molar-refractivity contribution in [1.82, 2.24) is 10.2 Å². The lowest BCUT2D eigenvalue weighted by atomic mass is 10.00. The molecule has 0 saturated heterocycles. The first kappa shape index (κ1) is 27.5. The van der Waals surface area contributed by atoms with E-state index < -0.39 is 0 Å². The highest BCUT2D eigenvalue weighted by Gasteiger charge is 2.39. The number of hydrogen-bond donors (Lipinski definition) is 1. The van der Waals surface area contributed by atoms with Crippen molar-refractivity contribution in [2.45, 2.75) is 90.0 Å². The summed E-state index contributed by atoms with van der Waals surface area (Å²) in [5, 5.41) is 2.95. The number of ether oxygens (including phenoxy) is 1. The second kappa shape index (κ2) is 16.1. The lowest BCUT2D eigenvalue weighted by Crippen LogP contribution is -2.43. The first-order valence-electron chi connectivity index (χ1n) is 11.9. The van der Waals surface area contributed by atoms with Gasteiger partial charge in [-0.1, -0.05) is 25.8 Å². The van der Waals surface area contributed by atoms with Crippen LogP contribution < -0.4 is 5.32 Å². The minimum atomic E-state index is -0.367. The zero-order chi connectivity index (χ0) is 23.8. The van der Waals surface area contributed by atoms with Gasteiger partial charge < -0.3 is 10.1 Å². The van der Waals surface area contributed by atoms with Gasteiger partial charge in [0, 0.05) is 31.4 Å². The summed E-state index contributed by atoms with van der Waals surface area (Å²) in [7, 11) is 1.53. The highest BCUT2D eigenvalue weighted by molar-refractivity contribution is 6.04. The van der Waals surface area contributed by atoms with Gasteiger partial charge >= 0.3 is 0 Å². The lowest BCUT2D eigenvalue weighted by molar-refractivity contribution is -0.146. The Hall–Kier alpha value is -2.55. The molecule has 0 radical (unpaired) electrons. The molecular formula is C26H40N2O4. The molecule has 0 aromatic rings. The van der Waals surface area contributed by atoms with E-state index in [2.05, 4.69) is 17.8 Å². The molecule has 32 heavy (non-hydrogen) atoms. The van der Waals surface area contributed by atoms with Crippen LogP contribution in [-0.2, 0) is 19.1 Å². The summed E-state index contributed by atoms with van der Waals surface area (Å²) in [4.78, 5) is 38.7. The van der Waals surface area contributed by atoms with Crippen molar-refractivity contribution < 1.29 is 19.1 Å². The van der Waals surface area contributed by atoms with Crippen LogP contribution in [0, 0.1) is 18.3 Å². The number of carbonyl (C=O) groups excluding carboxylic acids is 3. The van der Waals surface area contributed by atoms with E-state index >= 15 is 0 Å². The summed E-state index contributed by atoms with van der Waals surface area (Å²) in [6.45, 7) is 6.15. The van der Waals surface area contributed by atoms with E-state index in [0.29, 0.717) is 38.0 Å². The van der Waals surface area contributed by atoms with Crippen LogP contribution in [0.3, 0.4) is 0 Å². The quantitative estimate of drug-likeness (QED) is 0.203. The number of nitrogens with zero attached hydrogens (tertiary/aromatic N) is 1. The Morgan fingerprint density at radius 3 is 2.72 bits per heavy atom. The number of hydrogen-bond acceptors (Lipinski definition) is 4. The highest BCUT2D eigenvalue weighted by atomic mass is 16.5. The number of allylic oxidation sites excluding steroid dienone is 1. The van der Waals surface area contributed by atoms with Crippen molar-refractivity contribution in [1.29, 1.82) is 0 Å². The molecule has 0 spiro atoms. The number of nitrogens with one attached hydrogen (secondary N) is 1. The molecule has 6 nitrogen and oxygen atoms in total. The van der Waals surface area contributed by atoms with Gasteiger partial charge in [0.2, 0.25) is 11.8 Å². The Kier molecular flexibility index (Phi) is 13.9. The van der Waals surface area contributed by atoms with Gasteiger partial charge in [-0.15, -0.1) is 18.9 Å². The third-order valence-electron chi connectivity index (χ3n) is 5.78. The minimum Gasteiger partial charge on any atom is -0.499 e. The maximum absolute atomic E-state index is 12.9. The van der Waals surface area contributed by atoms with Gasteiger partial charge in [-0.05, 0) is 51.4 Å². The molecule has 1 aliphatic heterocycles. The molecule has 0 unspecified atom stereocenters. The topological polar surface area (TPSA) is 75.7 Å². The highest BCUT2D eigenvalue weighted by Crippen LogP contribution is 2.27. The fourth-order valence-corrected chi connectivity index (χ4v) is 3.87. The Morgan fingerprint density at radius 2 is 2.03 bits per heavy atom. The number of unbranched alkanes of at least 4 members (excludes halogenated alkanes) is 6. The Bertz CT molecular complexity index is 692. The van der Waals surface area contributed by atoms with Crippen molar-refractivity contribution in [3.63, 3.8) is 0 Å².